The molecular formula is C21H31N5O2S. The van der Waals surface area contributed by atoms with E-state index in [4.69, 9.17) is 9.98 Å². The molecule has 1 saturated heterocycles. The second-order valence-electron chi connectivity index (χ2n) is 8.22. The lowest BCUT2D eigenvalue weighted by Gasteiger charge is -2.39. The summed E-state index contributed by atoms with van der Waals surface area (Å²) in [7, 11) is 0.862. The van der Waals surface area contributed by atoms with E-state index in [0.717, 1.165) is 34.8 Å². The van der Waals surface area contributed by atoms with Gasteiger partial charge in [-0.2, -0.15) is 0 Å². The van der Waals surface area contributed by atoms with Crippen LogP contribution in [0.25, 0.3) is 10.9 Å². The summed E-state index contributed by atoms with van der Waals surface area (Å²) in [6.45, 7) is 7.71. The first-order valence-electron chi connectivity index (χ1n) is 9.96. The van der Waals surface area contributed by atoms with Crippen LogP contribution in [0, 0.1) is 0 Å². The van der Waals surface area contributed by atoms with Gasteiger partial charge in [-0.3, -0.25) is 0 Å². The Kier molecular flexibility index (Phi) is 6.03. The van der Waals surface area contributed by atoms with Crippen LogP contribution in [0.5, 0.6) is 0 Å². The number of aliphatic imine (C=N–C) groups is 1. The Bertz CT molecular complexity index is 1010. The molecular weight excluding hydrogens is 386 g/mol. The molecule has 2 aromatic rings. The second kappa shape index (κ2) is 8.18. The predicted octanol–water partition coefficient (Wildman–Crippen LogP) is 2.28. The molecule has 0 spiro atoms. The molecule has 8 heteroatoms. The summed E-state index contributed by atoms with van der Waals surface area (Å²) in [6.07, 6.45) is 0. The molecule has 1 aromatic heterocycles. The lowest BCUT2D eigenvalue weighted by atomic mass is 10.1. The quantitative estimate of drug-likeness (QED) is 0.607. The first-order valence-corrected chi connectivity index (χ1v) is 11.6. The lowest BCUT2D eigenvalue weighted by molar-refractivity contribution is 0.353. The molecule has 0 aliphatic carbocycles. The van der Waals surface area contributed by atoms with E-state index in [0.29, 0.717) is 19.6 Å². The molecule has 7 nitrogen and oxygen atoms in total. The zero-order valence-corrected chi connectivity index (χ0v) is 18.8. The zero-order chi connectivity index (χ0) is 21.2. The van der Waals surface area contributed by atoms with Crippen molar-refractivity contribution >= 4 is 32.5 Å². The maximum atomic E-state index is 12.4. The highest BCUT2D eigenvalue weighted by molar-refractivity contribution is 7.92. The Hall–Kier alpha value is -2.35. The van der Waals surface area contributed by atoms with Gasteiger partial charge in [0.2, 0.25) is 0 Å². The predicted molar refractivity (Wildman–Crippen MR) is 120 cm³/mol. The van der Waals surface area contributed by atoms with Crippen LogP contribution < -0.4 is 10.2 Å². The van der Waals surface area contributed by atoms with E-state index < -0.39 is 14.6 Å². The molecule has 1 fully saturated rings. The number of fused-ring (bicyclic) bond motifs is 1. The Labute approximate surface area is 173 Å². The fraction of sp³-hybridized carbons (Fsp3) is 0.524. The summed E-state index contributed by atoms with van der Waals surface area (Å²) in [5.74, 6) is 1.79. The van der Waals surface area contributed by atoms with Gasteiger partial charge in [0.1, 0.15) is 5.82 Å². The summed E-state index contributed by atoms with van der Waals surface area (Å²) in [6, 6.07) is 10.1. The monoisotopic (exact) mass is 417 g/mol. The number of anilines is 1. The summed E-state index contributed by atoms with van der Waals surface area (Å²) in [5.41, 5.74) is 2.04. The molecule has 3 rings (SSSR count). The number of nitrogens with zero attached hydrogens (tertiary/aromatic N) is 4. The van der Waals surface area contributed by atoms with E-state index in [2.05, 4.69) is 22.3 Å². The molecule has 0 radical (unpaired) electrons. The molecule has 0 saturated carbocycles. The smallest absolute Gasteiger partial charge is 0.194 e. The van der Waals surface area contributed by atoms with Gasteiger partial charge in [0.05, 0.1) is 22.6 Å². The average Bonchev–Trinajstić information content (AvgIpc) is 2.67. The molecule has 0 amide bonds. The normalized spacial score (nSPS) is 18.7. The first-order chi connectivity index (χ1) is 13.6. The Morgan fingerprint density at radius 1 is 1.31 bits per heavy atom. The summed E-state index contributed by atoms with van der Waals surface area (Å²) < 4.78 is 23.9. The van der Waals surface area contributed by atoms with Gasteiger partial charge < -0.3 is 15.1 Å². The summed E-state index contributed by atoms with van der Waals surface area (Å²) in [5, 5.41) is 4.41. The fourth-order valence-electron chi connectivity index (χ4n) is 3.50. The minimum Gasteiger partial charge on any atom is -0.363 e. The number of hydrogen-bond donors (Lipinski definition) is 1. The zero-order valence-electron chi connectivity index (χ0n) is 17.9. The molecule has 29 heavy (non-hydrogen) atoms. The number of guanidine groups is 1. The minimum absolute atomic E-state index is 0.146. The standard InChI is InChI=1S/C21H31N5O2S/c1-6-22-20(26-11-12-29(27,28)21(2,3)15-26)23-14-16-13-19(25(4)5)24-18-10-8-7-9-17(16)18/h7-10,13H,6,11-12,14-15H2,1-5H3,(H,22,23). The van der Waals surface area contributed by atoms with E-state index in [1.807, 2.05) is 44.1 Å². The third-order valence-electron chi connectivity index (χ3n) is 5.32. The van der Waals surface area contributed by atoms with Crippen molar-refractivity contribution in [3.05, 3.63) is 35.9 Å². The van der Waals surface area contributed by atoms with E-state index >= 15 is 0 Å². The van der Waals surface area contributed by atoms with Gasteiger partial charge in [-0.05, 0) is 38.5 Å². The number of nitrogens with one attached hydrogen (secondary N) is 1. The third-order valence-corrected chi connectivity index (χ3v) is 7.86. The van der Waals surface area contributed by atoms with Crippen molar-refractivity contribution in [3.8, 4) is 0 Å². The van der Waals surface area contributed by atoms with Crippen LogP contribution >= 0.6 is 0 Å². The maximum absolute atomic E-state index is 12.4. The molecule has 1 aliphatic heterocycles. The lowest BCUT2D eigenvalue weighted by Crippen LogP contribution is -2.57. The number of benzene rings is 1. The van der Waals surface area contributed by atoms with Crippen LogP contribution in [-0.2, 0) is 16.4 Å². The van der Waals surface area contributed by atoms with Crippen molar-refractivity contribution in [1.29, 1.82) is 0 Å². The van der Waals surface area contributed by atoms with Crippen LogP contribution in [0.1, 0.15) is 26.3 Å². The topological polar surface area (TPSA) is 77.9 Å². The molecule has 0 unspecified atom stereocenters. The van der Waals surface area contributed by atoms with E-state index in [1.54, 1.807) is 13.8 Å². The van der Waals surface area contributed by atoms with Crippen LogP contribution in [0.4, 0.5) is 5.82 Å². The number of aromatic nitrogens is 1. The summed E-state index contributed by atoms with van der Waals surface area (Å²) >= 11 is 0. The maximum Gasteiger partial charge on any atom is 0.194 e. The second-order valence-corrected chi connectivity index (χ2v) is 11.0. The Morgan fingerprint density at radius 2 is 2.03 bits per heavy atom. The van der Waals surface area contributed by atoms with Crippen molar-refractivity contribution < 1.29 is 8.42 Å². The molecule has 1 aromatic carbocycles. The minimum atomic E-state index is -3.09. The number of sulfone groups is 1. The molecule has 1 N–H and O–H groups in total. The van der Waals surface area contributed by atoms with Gasteiger partial charge in [0.15, 0.2) is 15.8 Å². The first kappa shape index (κ1) is 21.4. The number of rotatable bonds is 4. The highest BCUT2D eigenvalue weighted by Gasteiger charge is 2.40. The SMILES string of the molecule is CCNC(=NCc1cc(N(C)C)nc2ccccc12)N1CCS(=O)(=O)C(C)(C)C1. The number of hydrogen-bond acceptors (Lipinski definition) is 5. The highest BCUT2D eigenvalue weighted by atomic mass is 32.2. The van der Waals surface area contributed by atoms with E-state index in [1.165, 1.54) is 0 Å². The van der Waals surface area contributed by atoms with Crippen molar-refractivity contribution in [2.45, 2.75) is 32.1 Å². The summed E-state index contributed by atoms with van der Waals surface area (Å²) in [4.78, 5) is 13.6. The van der Waals surface area contributed by atoms with Crippen LogP contribution in [-0.4, -0.2) is 68.5 Å². The van der Waals surface area contributed by atoms with Gasteiger partial charge in [-0.1, -0.05) is 18.2 Å². The fourth-order valence-corrected chi connectivity index (χ4v) is 4.87. The largest absolute Gasteiger partial charge is 0.363 e. The van der Waals surface area contributed by atoms with Crippen LogP contribution in [0.3, 0.4) is 0 Å². The third kappa shape index (κ3) is 4.47. The highest BCUT2D eigenvalue weighted by Crippen LogP contribution is 2.25. The molecule has 0 atom stereocenters. The van der Waals surface area contributed by atoms with E-state index in [9.17, 15) is 8.42 Å². The Morgan fingerprint density at radius 3 is 2.69 bits per heavy atom. The van der Waals surface area contributed by atoms with Gasteiger partial charge in [-0.15, -0.1) is 0 Å². The Balaban J connectivity index is 1.93. The van der Waals surface area contributed by atoms with Crippen molar-refractivity contribution in [1.82, 2.24) is 15.2 Å². The molecule has 2 heterocycles. The van der Waals surface area contributed by atoms with Gasteiger partial charge in [0.25, 0.3) is 0 Å². The molecule has 1 aliphatic rings. The van der Waals surface area contributed by atoms with Gasteiger partial charge in [0, 0.05) is 39.1 Å². The van der Waals surface area contributed by atoms with Crippen LogP contribution in [0.2, 0.25) is 0 Å². The number of pyridine rings is 1. The van der Waals surface area contributed by atoms with Gasteiger partial charge in [-0.25, -0.2) is 18.4 Å². The molecule has 0 bridgehead atoms. The van der Waals surface area contributed by atoms with Crippen molar-refractivity contribution in [2.24, 2.45) is 4.99 Å². The average molecular weight is 418 g/mol. The van der Waals surface area contributed by atoms with Gasteiger partial charge >= 0.3 is 0 Å². The van der Waals surface area contributed by atoms with Crippen molar-refractivity contribution in [2.75, 3.05) is 44.4 Å². The van der Waals surface area contributed by atoms with E-state index in [-0.39, 0.29) is 5.75 Å². The number of para-hydroxylation sites is 1. The van der Waals surface area contributed by atoms with Crippen molar-refractivity contribution in [3.63, 3.8) is 0 Å². The van der Waals surface area contributed by atoms with Crippen LogP contribution in [0.15, 0.2) is 35.3 Å². The molecule has 158 valence electrons.